The standard InChI is InChI=1S/C26H37N5O.HI/c1-27-26(29-25-11-13-30(14-12-25)20-23-5-3-2-4-6-23)28-19-22-7-9-24(10-8-22)21-31-15-17-32-18-16-31;/h2-10,25H,11-21H2,1H3,(H2,27,28,29);1H. The minimum absolute atomic E-state index is 0. The summed E-state index contributed by atoms with van der Waals surface area (Å²) in [5.41, 5.74) is 4.03. The number of benzene rings is 2. The van der Waals surface area contributed by atoms with E-state index in [1.807, 2.05) is 7.05 Å². The number of nitrogens with zero attached hydrogens (tertiary/aromatic N) is 3. The van der Waals surface area contributed by atoms with Crippen LogP contribution in [0.2, 0.25) is 0 Å². The molecule has 2 aromatic carbocycles. The molecule has 180 valence electrons. The fraction of sp³-hybridized carbons (Fsp3) is 0.500. The average Bonchev–Trinajstić information content (AvgIpc) is 2.85. The van der Waals surface area contributed by atoms with Gasteiger partial charge in [-0.2, -0.15) is 0 Å². The van der Waals surface area contributed by atoms with Crippen LogP contribution >= 0.6 is 24.0 Å². The van der Waals surface area contributed by atoms with Crippen LogP contribution in [0.15, 0.2) is 59.6 Å². The summed E-state index contributed by atoms with van der Waals surface area (Å²) in [5.74, 6) is 0.893. The quantitative estimate of drug-likeness (QED) is 0.307. The van der Waals surface area contributed by atoms with E-state index in [2.05, 4.69) is 80.0 Å². The smallest absolute Gasteiger partial charge is 0.191 e. The van der Waals surface area contributed by atoms with E-state index >= 15 is 0 Å². The topological polar surface area (TPSA) is 52.1 Å². The number of hydrogen-bond acceptors (Lipinski definition) is 4. The molecule has 0 radical (unpaired) electrons. The molecule has 6 nitrogen and oxygen atoms in total. The molecule has 0 aliphatic carbocycles. The highest BCUT2D eigenvalue weighted by molar-refractivity contribution is 14.0. The number of piperidine rings is 1. The summed E-state index contributed by atoms with van der Waals surface area (Å²) in [5, 5.41) is 7.10. The first-order valence-electron chi connectivity index (χ1n) is 11.9. The fourth-order valence-electron chi connectivity index (χ4n) is 4.43. The third-order valence-electron chi connectivity index (χ3n) is 6.39. The van der Waals surface area contributed by atoms with Crippen LogP contribution in [0.3, 0.4) is 0 Å². The SMILES string of the molecule is CN=C(NCc1ccc(CN2CCOCC2)cc1)NC1CCN(Cc2ccccc2)CC1.I. The monoisotopic (exact) mass is 563 g/mol. The number of ether oxygens (including phenoxy) is 1. The van der Waals surface area contributed by atoms with Crippen LogP contribution in [-0.4, -0.2) is 68.2 Å². The largest absolute Gasteiger partial charge is 0.379 e. The summed E-state index contributed by atoms with van der Waals surface area (Å²) in [7, 11) is 1.85. The van der Waals surface area contributed by atoms with Crippen molar-refractivity contribution >= 4 is 29.9 Å². The number of nitrogens with one attached hydrogen (secondary N) is 2. The van der Waals surface area contributed by atoms with Gasteiger partial charge in [-0.3, -0.25) is 14.8 Å². The summed E-state index contributed by atoms with van der Waals surface area (Å²) in [4.78, 5) is 9.44. The summed E-state index contributed by atoms with van der Waals surface area (Å²) < 4.78 is 5.44. The average molecular weight is 564 g/mol. The van der Waals surface area contributed by atoms with Crippen molar-refractivity contribution in [3.05, 3.63) is 71.3 Å². The Kier molecular flexibility index (Phi) is 10.9. The van der Waals surface area contributed by atoms with Crippen molar-refractivity contribution in [1.29, 1.82) is 0 Å². The molecule has 0 amide bonds. The number of halogens is 1. The zero-order valence-electron chi connectivity index (χ0n) is 19.7. The van der Waals surface area contributed by atoms with Crippen molar-refractivity contribution in [2.45, 2.75) is 38.5 Å². The minimum atomic E-state index is 0. The third-order valence-corrected chi connectivity index (χ3v) is 6.39. The van der Waals surface area contributed by atoms with Crippen molar-refractivity contribution < 1.29 is 4.74 Å². The molecular weight excluding hydrogens is 525 g/mol. The van der Waals surface area contributed by atoms with Gasteiger partial charge in [0.2, 0.25) is 0 Å². The second kappa shape index (κ2) is 13.9. The van der Waals surface area contributed by atoms with E-state index in [0.29, 0.717) is 6.04 Å². The van der Waals surface area contributed by atoms with E-state index < -0.39 is 0 Å². The maximum absolute atomic E-state index is 5.44. The van der Waals surface area contributed by atoms with Crippen LogP contribution in [0.1, 0.15) is 29.5 Å². The molecular formula is C26H38IN5O. The van der Waals surface area contributed by atoms with Crippen LogP contribution in [0.4, 0.5) is 0 Å². The Morgan fingerprint density at radius 1 is 0.848 bits per heavy atom. The molecule has 0 atom stereocenters. The van der Waals surface area contributed by atoms with Crippen LogP contribution in [0, 0.1) is 0 Å². The fourth-order valence-corrected chi connectivity index (χ4v) is 4.43. The lowest BCUT2D eigenvalue weighted by molar-refractivity contribution is 0.0342. The van der Waals surface area contributed by atoms with E-state index in [1.54, 1.807) is 0 Å². The van der Waals surface area contributed by atoms with Crippen molar-refractivity contribution in [3.63, 3.8) is 0 Å². The number of rotatable bonds is 7. The van der Waals surface area contributed by atoms with Crippen LogP contribution in [-0.2, 0) is 24.4 Å². The second-order valence-corrected chi connectivity index (χ2v) is 8.81. The molecule has 2 aromatic rings. The van der Waals surface area contributed by atoms with Gasteiger partial charge in [0, 0.05) is 58.9 Å². The lowest BCUT2D eigenvalue weighted by atomic mass is 10.0. The second-order valence-electron chi connectivity index (χ2n) is 8.81. The van der Waals surface area contributed by atoms with Crippen LogP contribution in [0.25, 0.3) is 0 Å². The Balaban J connectivity index is 0.00000306. The molecule has 2 heterocycles. The van der Waals surface area contributed by atoms with Gasteiger partial charge in [-0.25, -0.2) is 0 Å². The molecule has 0 aromatic heterocycles. The predicted octanol–water partition coefficient (Wildman–Crippen LogP) is 3.47. The Hall–Kier alpha value is -1.68. The highest BCUT2D eigenvalue weighted by Gasteiger charge is 2.20. The summed E-state index contributed by atoms with van der Waals surface area (Å²) >= 11 is 0. The van der Waals surface area contributed by atoms with Gasteiger partial charge in [-0.15, -0.1) is 24.0 Å². The summed E-state index contributed by atoms with van der Waals surface area (Å²) in [6.07, 6.45) is 2.29. The van der Waals surface area contributed by atoms with Crippen molar-refractivity contribution in [2.24, 2.45) is 4.99 Å². The molecule has 7 heteroatoms. The van der Waals surface area contributed by atoms with Gasteiger partial charge in [-0.05, 0) is 29.5 Å². The Morgan fingerprint density at radius 2 is 1.42 bits per heavy atom. The molecule has 0 bridgehead atoms. The molecule has 2 saturated heterocycles. The van der Waals surface area contributed by atoms with Gasteiger partial charge in [0.25, 0.3) is 0 Å². The Bertz CT molecular complexity index is 832. The molecule has 33 heavy (non-hydrogen) atoms. The van der Waals surface area contributed by atoms with Gasteiger partial charge in [0.05, 0.1) is 13.2 Å². The molecule has 0 spiro atoms. The molecule has 0 unspecified atom stereocenters. The number of aliphatic imine (C=N–C) groups is 1. The molecule has 2 aliphatic heterocycles. The number of morpholine rings is 1. The predicted molar refractivity (Wildman–Crippen MR) is 146 cm³/mol. The van der Waals surface area contributed by atoms with Gasteiger partial charge < -0.3 is 15.4 Å². The zero-order chi connectivity index (χ0) is 22.0. The van der Waals surface area contributed by atoms with E-state index in [1.165, 1.54) is 16.7 Å². The third kappa shape index (κ3) is 8.55. The molecule has 2 N–H and O–H groups in total. The van der Waals surface area contributed by atoms with Gasteiger partial charge >= 0.3 is 0 Å². The summed E-state index contributed by atoms with van der Waals surface area (Å²) in [6.45, 7) is 8.81. The van der Waals surface area contributed by atoms with E-state index in [9.17, 15) is 0 Å². The Morgan fingerprint density at radius 3 is 2.06 bits per heavy atom. The van der Waals surface area contributed by atoms with E-state index in [0.717, 1.165) is 77.8 Å². The molecule has 2 aliphatic rings. The normalized spacial score (nSPS) is 18.5. The lowest BCUT2D eigenvalue weighted by Gasteiger charge is -2.33. The van der Waals surface area contributed by atoms with Crippen molar-refractivity contribution in [3.8, 4) is 0 Å². The Labute approximate surface area is 215 Å². The first-order chi connectivity index (χ1) is 15.8. The lowest BCUT2D eigenvalue weighted by Crippen LogP contribution is -2.48. The van der Waals surface area contributed by atoms with Gasteiger partial charge in [0.1, 0.15) is 0 Å². The maximum Gasteiger partial charge on any atom is 0.191 e. The van der Waals surface area contributed by atoms with Gasteiger partial charge in [-0.1, -0.05) is 54.6 Å². The highest BCUT2D eigenvalue weighted by atomic mass is 127. The summed E-state index contributed by atoms with van der Waals surface area (Å²) in [6, 6.07) is 20.2. The number of hydrogen-bond donors (Lipinski definition) is 2. The number of likely N-dealkylation sites (tertiary alicyclic amines) is 1. The van der Waals surface area contributed by atoms with Crippen molar-refractivity contribution in [2.75, 3.05) is 46.4 Å². The van der Waals surface area contributed by atoms with Crippen LogP contribution < -0.4 is 10.6 Å². The molecule has 2 fully saturated rings. The maximum atomic E-state index is 5.44. The zero-order valence-corrected chi connectivity index (χ0v) is 22.0. The minimum Gasteiger partial charge on any atom is -0.379 e. The van der Waals surface area contributed by atoms with E-state index in [-0.39, 0.29) is 24.0 Å². The number of guanidine groups is 1. The highest BCUT2D eigenvalue weighted by Crippen LogP contribution is 2.14. The van der Waals surface area contributed by atoms with Gasteiger partial charge in [0.15, 0.2) is 5.96 Å². The first kappa shape index (κ1) is 25.9. The molecule has 0 saturated carbocycles. The van der Waals surface area contributed by atoms with E-state index in [4.69, 9.17) is 4.74 Å². The van der Waals surface area contributed by atoms with Crippen LogP contribution in [0.5, 0.6) is 0 Å². The van der Waals surface area contributed by atoms with Crippen molar-refractivity contribution in [1.82, 2.24) is 20.4 Å². The first-order valence-corrected chi connectivity index (χ1v) is 11.9. The molecule has 4 rings (SSSR count).